The lowest BCUT2D eigenvalue weighted by molar-refractivity contribution is 0.0600. The van der Waals surface area contributed by atoms with Gasteiger partial charge in [-0.1, -0.05) is 29.8 Å². The van der Waals surface area contributed by atoms with E-state index in [1.807, 2.05) is 6.92 Å². The molecule has 0 aliphatic rings. The van der Waals surface area contributed by atoms with Gasteiger partial charge in [0.1, 0.15) is 0 Å². The molecule has 0 atom stereocenters. The van der Waals surface area contributed by atoms with Gasteiger partial charge in [-0.05, 0) is 43.2 Å². The highest BCUT2D eigenvalue weighted by Crippen LogP contribution is 2.14. The van der Waals surface area contributed by atoms with Gasteiger partial charge in [0.2, 0.25) is 0 Å². The standard InChI is InChI=1S/C17H18O4S/c1-13-3-9-16(10-4-13)22(19,20)12-11-14-5-7-15(8-6-14)17(18)21-2/h3-10H,11-12H2,1-2H3. The molecule has 0 unspecified atom stereocenters. The third-order valence-corrected chi connectivity index (χ3v) is 5.15. The Balaban J connectivity index is 2.05. The molecule has 0 amide bonds. The van der Waals surface area contributed by atoms with Crippen LogP contribution in [-0.4, -0.2) is 27.2 Å². The van der Waals surface area contributed by atoms with Gasteiger partial charge in [0.05, 0.1) is 23.3 Å². The second-order valence-electron chi connectivity index (χ2n) is 5.07. The van der Waals surface area contributed by atoms with Crippen LogP contribution in [0.1, 0.15) is 21.5 Å². The Morgan fingerprint density at radius 1 is 1.00 bits per heavy atom. The lowest BCUT2D eigenvalue weighted by atomic mass is 10.1. The van der Waals surface area contributed by atoms with Crippen LogP contribution in [0.25, 0.3) is 0 Å². The van der Waals surface area contributed by atoms with E-state index in [0.29, 0.717) is 16.9 Å². The van der Waals surface area contributed by atoms with Gasteiger partial charge in [-0.3, -0.25) is 0 Å². The molecule has 22 heavy (non-hydrogen) atoms. The van der Waals surface area contributed by atoms with Crippen LogP contribution in [0.4, 0.5) is 0 Å². The molecule has 0 aliphatic carbocycles. The van der Waals surface area contributed by atoms with Crippen molar-refractivity contribution >= 4 is 15.8 Å². The van der Waals surface area contributed by atoms with E-state index < -0.39 is 15.8 Å². The zero-order valence-electron chi connectivity index (χ0n) is 12.6. The van der Waals surface area contributed by atoms with E-state index in [2.05, 4.69) is 4.74 Å². The lowest BCUT2D eigenvalue weighted by Crippen LogP contribution is -2.09. The minimum Gasteiger partial charge on any atom is -0.465 e. The van der Waals surface area contributed by atoms with Crippen molar-refractivity contribution in [3.8, 4) is 0 Å². The molecule has 0 aliphatic heterocycles. The Morgan fingerprint density at radius 2 is 1.59 bits per heavy atom. The summed E-state index contributed by atoms with van der Waals surface area (Å²) in [5.74, 6) is -0.369. The Labute approximate surface area is 130 Å². The number of esters is 1. The summed E-state index contributed by atoms with van der Waals surface area (Å²) in [5.41, 5.74) is 2.34. The lowest BCUT2D eigenvalue weighted by Gasteiger charge is -2.06. The SMILES string of the molecule is COC(=O)c1ccc(CCS(=O)(=O)c2ccc(C)cc2)cc1. The van der Waals surface area contributed by atoms with Crippen LogP contribution >= 0.6 is 0 Å². The normalized spacial score (nSPS) is 11.2. The molecule has 0 radical (unpaired) electrons. The van der Waals surface area contributed by atoms with Crippen LogP contribution < -0.4 is 0 Å². The van der Waals surface area contributed by atoms with Crippen LogP contribution in [0.15, 0.2) is 53.4 Å². The smallest absolute Gasteiger partial charge is 0.337 e. The topological polar surface area (TPSA) is 60.4 Å². The summed E-state index contributed by atoms with van der Waals surface area (Å²) < 4.78 is 29.2. The first-order valence-electron chi connectivity index (χ1n) is 6.89. The molecule has 5 heteroatoms. The number of ether oxygens (including phenoxy) is 1. The molecule has 4 nitrogen and oxygen atoms in total. The van der Waals surface area contributed by atoms with Crippen molar-refractivity contribution < 1.29 is 17.9 Å². The molecule has 0 saturated carbocycles. The summed E-state index contributed by atoms with van der Waals surface area (Å²) in [6.07, 6.45) is 0.400. The molecule has 0 bridgehead atoms. The molecule has 0 heterocycles. The molecule has 0 fully saturated rings. The Bertz CT molecular complexity index is 744. The van der Waals surface area contributed by atoms with Gasteiger partial charge in [-0.2, -0.15) is 0 Å². The van der Waals surface area contributed by atoms with Crippen molar-refractivity contribution in [2.24, 2.45) is 0 Å². The molecule has 0 aromatic heterocycles. The van der Waals surface area contributed by atoms with E-state index in [9.17, 15) is 13.2 Å². The second kappa shape index (κ2) is 6.75. The Hall–Kier alpha value is -2.14. The number of benzene rings is 2. The number of carbonyl (C=O) groups is 1. The maximum Gasteiger partial charge on any atom is 0.337 e. The fourth-order valence-corrected chi connectivity index (χ4v) is 3.33. The summed E-state index contributed by atoms with van der Waals surface area (Å²) in [6, 6.07) is 13.6. The fourth-order valence-electron chi connectivity index (χ4n) is 2.04. The highest BCUT2D eigenvalue weighted by Gasteiger charge is 2.14. The summed E-state index contributed by atoms with van der Waals surface area (Å²) in [7, 11) is -1.97. The summed E-state index contributed by atoms with van der Waals surface area (Å²) >= 11 is 0. The van der Waals surface area contributed by atoms with Crippen molar-refractivity contribution in [1.82, 2.24) is 0 Å². The van der Waals surface area contributed by atoms with Crippen molar-refractivity contribution in [2.45, 2.75) is 18.2 Å². The number of rotatable bonds is 5. The quantitative estimate of drug-likeness (QED) is 0.795. The van der Waals surface area contributed by atoms with Gasteiger partial charge < -0.3 is 4.74 Å². The first-order valence-corrected chi connectivity index (χ1v) is 8.54. The number of sulfone groups is 1. The summed E-state index contributed by atoms with van der Waals surface area (Å²) in [4.78, 5) is 11.7. The van der Waals surface area contributed by atoms with Gasteiger partial charge in [-0.25, -0.2) is 13.2 Å². The van der Waals surface area contributed by atoms with Crippen LogP contribution in [-0.2, 0) is 21.0 Å². The highest BCUT2D eigenvalue weighted by molar-refractivity contribution is 7.91. The minimum atomic E-state index is -3.30. The van der Waals surface area contributed by atoms with Crippen LogP contribution in [0.3, 0.4) is 0 Å². The Morgan fingerprint density at radius 3 is 2.14 bits per heavy atom. The van der Waals surface area contributed by atoms with Gasteiger partial charge in [-0.15, -0.1) is 0 Å². The number of hydrogen-bond acceptors (Lipinski definition) is 4. The predicted octanol–water partition coefficient (Wildman–Crippen LogP) is 2.80. The highest BCUT2D eigenvalue weighted by atomic mass is 32.2. The maximum absolute atomic E-state index is 12.3. The van der Waals surface area contributed by atoms with E-state index in [1.54, 1.807) is 48.5 Å². The molecule has 2 aromatic carbocycles. The van der Waals surface area contributed by atoms with Crippen molar-refractivity contribution in [2.75, 3.05) is 12.9 Å². The molecule has 0 spiro atoms. The van der Waals surface area contributed by atoms with Crippen LogP contribution in [0.5, 0.6) is 0 Å². The number of hydrogen-bond donors (Lipinski definition) is 0. The Kier molecular flexibility index (Phi) is 4.98. The molecule has 2 rings (SSSR count). The minimum absolute atomic E-state index is 0.0353. The number of carbonyl (C=O) groups excluding carboxylic acids is 1. The van der Waals surface area contributed by atoms with Crippen molar-refractivity contribution in [1.29, 1.82) is 0 Å². The van der Waals surface area contributed by atoms with Gasteiger partial charge >= 0.3 is 5.97 Å². The second-order valence-corrected chi connectivity index (χ2v) is 7.18. The molecule has 2 aromatic rings. The predicted molar refractivity (Wildman–Crippen MR) is 84.7 cm³/mol. The average Bonchev–Trinajstić information content (AvgIpc) is 2.53. The van der Waals surface area contributed by atoms with Crippen LogP contribution in [0, 0.1) is 6.92 Å². The van der Waals surface area contributed by atoms with Crippen molar-refractivity contribution in [3.05, 3.63) is 65.2 Å². The van der Waals surface area contributed by atoms with E-state index >= 15 is 0 Å². The number of methoxy groups -OCH3 is 1. The first kappa shape index (κ1) is 16.2. The largest absolute Gasteiger partial charge is 0.465 e. The van der Waals surface area contributed by atoms with Gasteiger partial charge in [0.25, 0.3) is 0 Å². The third-order valence-electron chi connectivity index (χ3n) is 3.41. The van der Waals surface area contributed by atoms with E-state index in [0.717, 1.165) is 11.1 Å². The molecular weight excluding hydrogens is 300 g/mol. The third kappa shape index (κ3) is 3.95. The van der Waals surface area contributed by atoms with Crippen molar-refractivity contribution in [3.63, 3.8) is 0 Å². The number of aryl methyl sites for hydroxylation is 2. The fraction of sp³-hybridized carbons (Fsp3) is 0.235. The maximum atomic E-state index is 12.3. The van der Waals surface area contributed by atoms with E-state index in [4.69, 9.17) is 0 Å². The summed E-state index contributed by atoms with van der Waals surface area (Å²) in [6.45, 7) is 1.92. The molecule has 0 saturated heterocycles. The van der Waals surface area contributed by atoms with Crippen LogP contribution in [0.2, 0.25) is 0 Å². The summed E-state index contributed by atoms with van der Waals surface area (Å²) in [5, 5.41) is 0. The average molecular weight is 318 g/mol. The zero-order chi connectivity index (χ0) is 16.2. The van der Waals surface area contributed by atoms with E-state index in [-0.39, 0.29) is 5.75 Å². The molecular formula is C17H18O4S. The molecule has 116 valence electrons. The monoisotopic (exact) mass is 318 g/mol. The van der Waals surface area contributed by atoms with E-state index in [1.165, 1.54) is 7.11 Å². The zero-order valence-corrected chi connectivity index (χ0v) is 13.4. The molecule has 0 N–H and O–H groups in total. The van der Waals surface area contributed by atoms with Gasteiger partial charge in [0, 0.05) is 0 Å². The first-order chi connectivity index (χ1) is 10.4. The van der Waals surface area contributed by atoms with Gasteiger partial charge in [0.15, 0.2) is 9.84 Å².